The van der Waals surface area contributed by atoms with Crippen LogP contribution in [0.4, 0.5) is 5.69 Å². The Morgan fingerprint density at radius 2 is 1.96 bits per heavy atom. The van der Waals surface area contributed by atoms with Crippen LogP contribution in [-0.4, -0.2) is 41.5 Å². The molecule has 1 amide bonds. The summed E-state index contributed by atoms with van der Waals surface area (Å²) in [4.78, 5) is 25.8. The smallest absolute Gasteiger partial charge is 0.307 e. The second kappa shape index (κ2) is 8.01. The molecule has 5 heteroatoms. The Morgan fingerprint density at radius 3 is 2.56 bits per heavy atom. The average Bonchev–Trinajstić information content (AvgIpc) is 3.02. The molecule has 1 saturated carbocycles. The van der Waals surface area contributed by atoms with Gasteiger partial charge in [0.1, 0.15) is 0 Å². The van der Waals surface area contributed by atoms with Gasteiger partial charge in [-0.05, 0) is 42.5 Å². The van der Waals surface area contributed by atoms with Crippen molar-refractivity contribution >= 4 is 17.6 Å². The van der Waals surface area contributed by atoms with E-state index in [9.17, 15) is 14.7 Å². The lowest BCUT2D eigenvalue weighted by Gasteiger charge is -2.30. The fourth-order valence-corrected chi connectivity index (χ4v) is 5.29. The minimum atomic E-state index is -0.733. The number of carbonyl (C=O) groups is 2. The maximum Gasteiger partial charge on any atom is 0.307 e. The first-order valence-corrected chi connectivity index (χ1v) is 10.2. The predicted octanol–water partition coefficient (Wildman–Crippen LogP) is 3.75. The van der Waals surface area contributed by atoms with Crippen LogP contribution in [0.2, 0.25) is 0 Å². The van der Waals surface area contributed by atoms with Crippen molar-refractivity contribution in [2.45, 2.75) is 51.9 Å². The molecule has 27 heavy (non-hydrogen) atoms. The van der Waals surface area contributed by atoms with Crippen LogP contribution in [0.3, 0.4) is 0 Å². The number of carboxylic acids is 1. The molecule has 2 fully saturated rings. The highest BCUT2D eigenvalue weighted by molar-refractivity contribution is 5.88. The molecule has 3 unspecified atom stereocenters. The van der Waals surface area contributed by atoms with Gasteiger partial charge in [-0.25, -0.2) is 0 Å². The zero-order valence-electron chi connectivity index (χ0n) is 16.7. The normalized spacial score (nSPS) is 27.8. The van der Waals surface area contributed by atoms with Gasteiger partial charge in [-0.2, -0.15) is 0 Å². The molecular weight excluding hydrogens is 340 g/mol. The molecule has 1 aromatic rings. The quantitative estimate of drug-likeness (QED) is 0.648. The van der Waals surface area contributed by atoms with Crippen LogP contribution < -0.4 is 5.32 Å². The van der Waals surface area contributed by atoms with E-state index in [0.717, 1.165) is 30.9 Å². The van der Waals surface area contributed by atoms with Gasteiger partial charge in [0.05, 0.1) is 5.92 Å². The summed E-state index contributed by atoms with van der Waals surface area (Å²) in [5.41, 5.74) is 1.50. The molecule has 0 radical (unpaired) electrons. The highest BCUT2D eigenvalue weighted by Crippen LogP contribution is 2.67. The zero-order chi connectivity index (χ0) is 19.6. The summed E-state index contributed by atoms with van der Waals surface area (Å²) >= 11 is 0. The molecule has 1 aliphatic carbocycles. The summed E-state index contributed by atoms with van der Waals surface area (Å²) < 4.78 is 0. The molecular formula is C22H32N2O3. The van der Waals surface area contributed by atoms with Crippen LogP contribution in [0.5, 0.6) is 0 Å². The molecule has 1 aliphatic heterocycles. The molecule has 0 aromatic heterocycles. The number of fused-ring (bicyclic) bond motifs is 1. The fraction of sp³-hybridized carbons (Fsp3) is 0.636. The lowest BCUT2D eigenvalue weighted by atomic mass is 9.79. The van der Waals surface area contributed by atoms with E-state index in [1.807, 2.05) is 31.2 Å². The highest BCUT2D eigenvalue weighted by Gasteiger charge is 2.71. The molecule has 2 aliphatic rings. The van der Waals surface area contributed by atoms with E-state index in [-0.39, 0.29) is 11.3 Å². The first-order chi connectivity index (χ1) is 12.9. The van der Waals surface area contributed by atoms with Crippen molar-refractivity contribution in [1.29, 1.82) is 0 Å². The Hall–Kier alpha value is -1.88. The van der Waals surface area contributed by atoms with Crippen LogP contribution in [0.1, 0.15) is 52.0 Å². The molecule has 0 spiro atoms. The lowest BCUT2D eigenvalue weighted by molar-refractivity contribution is -0.142. The van der Waals surface area contributed by atoms with Gasteiger partial charge >= 0.3 is 5.97 Å². The number of likely N-dealkylation sites (tertiary alicyclic amines) is 1. The predicted molar refractivity (Wildman–Crippen MR) is 107 cm³/mol. The topological polar surface area (TPSA) is 69.6 Å². The number of nitrogens with zero attached hydrogens (tertiary/aromatic N) is 1. The van der Waals surface area contributed by atoms with Crippen molar-refractivity contribution in [3.63, 3.8) is 0 Å². The average molecular weight is 373 g/mol. The second-order valence-corrected chi connectivity index (χ2v) is 8.29. The molecule has 2 N–H and O–H groups in total. The van der Waals surface area contributed by atoms with Crippen molar-refractivity contribution in [1.82, 2.24) is 4.90 Å². The molecule has 3 rings (SSSR count). The number of hydrogen-bond donors (Lipinski definition) is 2. The maximum absolute atomic E-state index is 11.9. The summed E-state index contributed by atoms with van der Waals surface area (Å²) in [5, 5.41) is 12.6. The van der Waals surface area contributed by atoms with Crippen LogP contribution in [-0.2, 0) is 15.0 Å². The van der Waals surface area contributed by atoms with E-state index in [4.69, 9.17) is 0 Å². The van der Waals surface area contributed by atoms with Gasteiger partial charge in [0.15, 0.2) is 0 Å². The summed E-state index contributed by atoms with van der Waals surface area (Å²) in [7, 11) is 0. The number of hydrogen-bond acceptors (Lipinski definition) is 3. The van der Waals surface area contributed by atoms with E-state index in [1.165, 1.54) is 32.6 Å². The largest absolute Gasteiger partial charge is 0.481 e. The third kappa shape index (κ3) is 3.75. The van der Waals surface area contributed by atoms with Gasteiger partial charge in [-0.3, -0.25) is 9.59 Å². The van der Waals surface area contributed by atoms with E-state index in [2.05, 4.69) is 17.1 Å². The van der Waals surface area contributed by atoms with E-state index in [1.54, 1.807) is 0 Å². The number of unbranched alkanes of at least 4 members (excludes halogenated alkanes) is 3. The molecule has 0 bridgehead atoms. The number of carbonyl (C=O) groups excluding carboxylic acids is 1. The van der Waals surface area contributed by atoms with Crippen molar-refractivity contribution in [2.75, 3.05) is 25.0 Å². The standard InChI is InChI=1S/C22H32N2O3/c1-4-5-6-7-11-24-13-19-20(14-24)22(19,15(2)21(26)27)17-9-8-10-18(12-17)23-16(3)25/h8-10,12,15,19-20H,4-7,11,13-14H2,1-3H3,(H,23,25)(H,26,27). The second-order valence-electron chi connectivity index (χ2n) is 8.29. The Balaban J connectivity index is 1.76. The summed E-state index contributed by atoms with van der Waals surface area (Å²) in [6, 6.07) is 7.80. The molecule has 148 valence electrons. The number of amides is 1. The van der Waals surface area contributed by atoms with Crippen LogP contribution in [0, 0.1) is 17.8 Å². The Kier molecular flexibility index (Phi) is 5.89. The summed E-state index contributed by atoms with van der Waals surface area (Å²) in [6.45, 7) is 8.65. The van der Waals surface area contributed by atoms with Crippen LogP contribution in [0.25, 0.3) is 0 Å². The van der Waals surface area contributed by atoms with E-state index < -0.39 is 11.9 Å². The van der Waals surface area contributed by atoms with Gasteiger partial charge in [-0.15, -0.1) is 0 Å². The first kappa shape index (κ1) is 19.9. The highest BCUT2D eigenvalue weighted by atomic mass is 16.4. The minimum absolute atomic E-state index is 0.110. The van der Waals surface area contributed by atoms with Gasteiger partial charge in [0.25, 0.3) is 0 Å². The van der Waals surface area contributed by atoms with Gasteiger partial charge in [-0.1, -0.05) is 45.2 Å². The molecule has 5 nitrogen and oxygen atoms in total. The number of rotatable bonds is 9. The van der Waals surface area contributed by atoms with Gasteiger partial charge in [0, 0.05) is 31.1 Å². The first-order valence-electron chi connectivity index (χ1n) is 10.2. The van der Waals surface area contributed by atoms with Crippen molar-refractivity contribution in [2.24, 2.45) is 17.8 Å². The van der Waals surface area contributed by atoms with Crippen LogP contribution in [0.15, 0.2) is 24.3 Å². The number of aliphatic carboxylic acids is 1. The van der Waals surface area contributed by atoms with Crippen molar-refractivity contribution in [3.05, 3.63) is 29.8 Å². The third-order valence-corrected chi connectivity index (χ3v) is 6.61. The van der Waals surface area contributed by atoms with E-state index in [0.29, 0.717) is 11.8 Å². The Labute approximate surface area is 162 Å². The van der Waals surface area contributed by atoms with Crippen LogP contribution >= 0.6 is 0 Å². The minimum Gasteiger partial charge on any atom is -0.481 e. The van der Waals surface area contributed by atoms with E-state index >= 15 is 0 Å². The lowest BCUT2D eigenvalue weighted by Crippen LogP contribution is -2.37. The van der Waals surface area contributed by atoms with Crippen molar-refractivity contribution in [3.8, 4) is 0 Å². The molecule has 1 heterocycles. The maximum atomic E-state index is 11.9. The Bertz CT molecular complexity index is 691. The molecule has 1 saturated heterocycles. The number of anilines is 1. The van der Waals surface area contributed by atoms with Crippen molar-refractivity contribution < 1.29 is 14.7 Å². The third-order valence-electron chi connectivity index (χ3n) is 6.61. The number of piperidine rings is 1. The molecule has 1 aromatic carbocycles. The number of nitrogens with one attached hydrogen (secondary N) is 1. The fourth-order valence-electron chi connectivity index (χ4n) is 5.29. The van der Waals surface area contributed by atoms with Gasteiger partial charge < -0.3 is 15.3 Å². The van der Waals surface area contributed by atoms with Gasteiger partial charge in [0.2, 0.25) is 5.91 Å². The number of carboxylic acid groups (broad SMARTS) is 1. The monoisotopic (exact) mass is 372 g/mol. The SMILES string of the molecule is CCCCCCN1CC2C(C1)C2(c1cccc(NC(C)=O)c1)C(C)C(=O)O. The number of benzene rings is 1. The zero-order valence-corrected chi connectivity index (χ0v) is 16.7. The summed E-state index contributed by atoms with van der Waals surface area (Å²) in [5.74, 6) is -0.488. The Morgan fingerprint density at radius 1 is 1.26 bits per heavy atom. The summed E-state index contributed by atoms with van der Waals surface area (Å²) in [6.07, 6.45) is 5.04. The molecule has 3 atom stereocenters.